The Morgan fingerprint density at radius 1 is 1.44 bits per heavy atom. The third-order valence-corrected chi connectivity index (χ3v) is 3.75. The summed E-state index contributed by atoms with van der Waals surface area (Å²) in [5, 5.41) is 3.64. The molecule has 0 aliphatic carbocycles. The third kappa shape index (κ3) is 3.44. The van der Waals surface area contributed by atoms with E-state index in [4.69, 9.17) is 4.74 Å². The second-order valence-corrected chi connectivity index (χ2v) is 5.32. The van der Waals surface area contributed by atoms with E-state index in [2.05, 4.69) is 37.9 Å². The summed E-state index contributed by atoms with van der Waals surface area (Å²) < 4.78 is 5.33. The van der Waals surface area contributed by atoms with E-state index < -0.39 is 0 Å². The predicted molar refractivity (Wildman–Crippen MR) is 68.8 cm³/mol. The highest BCUT2D eigenvalue weighted by molar-refractivity contribution is 4.88. The van der Waals surface area contributed by atoms with Gasteiger partial charge in [-0.15, -0.1) is 0 Å². The normalized spacial score (nSPS) is 29.6. The minimum Gasteiger partial charge on any atom is -0.383 e. The van der Waals surface area contributed by atoms with Crippen LogP contribution in [0.4, 0.5) is 0 Å². The fourth-order valence-corrected chi connectivity index (χ4v) is 2.51. The van der Waals surface area contributed by atoms with Gasteiger partial charge in [0.2, 0.25) is 0 Å². The lowest BCUT2D eigenvalue weighted by Crippen LogP contribution is -2.60. The Hall–Kier alpha value is -0.120. The molecule has 0 radical (unpaired) electrons. The summed E-state index contributed by atoms with van der Waals surface area (Å²) in [6.45, 7) is 12.3. The lowest BCUT2D eigenvalue weighted by molar-refractivity contribution is 0.0307. The molecule has 3 nitrogen and oxygen atoms in total. The smallest absolute Gasteiger partial charge is 0.0618 e. The lowest BCUT2D eigenvalue weighted by Gasteiger charge is -2.44. The fourth-order valence-electron chi connectivity index (χ4n) is 2.51. The molecule has 0 bridgehead atoms. The van der Waals surface area contributed by atoms with Crippen LogP contribution in [-0.2, 0) is 4.74 Å². The van der Waals surface area contributed by atoms with Crippen LogP contribution in [0.2, 0.25) is 0 Å². The van der Waals surface area contributed by atoms with Crippen molar-refractivity contribution in [2.24, 2.45) is 5.92 Å². The Balaban J connectivity index is 2.60. The van der Waals surface area contributed by atoms with E-state index in [0.29, 0.717) is 24.0 Å². The van der Waals surface area contributed by atoms with E-state index in [1.165, 1.54) is 6.42 Å². The lowest BCUT2D eigenvalue weighted by atomic mass is 9.98. The van der Waals surface area contributed by atoms with Gasteiger partial charge in [-0.3, -0.25) is 4.90 Å². The highest BCUT2D eigenvalue weighted by Gasteiger charge is 2.30. The summed E-state index contributed by atoms with van der Waals surface area (Å²) in [5.74, 6) is 0.704. The molecule has 0 aromatic carbocycles. The van der Waals surface area contributed by atoms with E-state index in [-0.39, 0.29) is 0 Å². The molecule has 1 rings (SSSR count). The molecule has 3 atom stereocenters. The standard InChI is InChI=1S/C13H28N2O/c1-6-12(9-16-5)15-8-13(10(2)3)14-7-11(15)4/h10-14H,6-9H2,1-5H3. The van der Waals surface area contributed by atoms with Crippen LogP contribution in [0, 0.1) is 5.92 Å². The maximum Gasteiger partial charge on any atom is 0.0618 e. The van der Waals surface area contributed by atoms with Crippen LogP contribution in [0.3, 0.4) is 0 Å². The van der Waals surface area contributed by atoms with E-state index >= 15 is 0 Å². The number of piperazine rings is 1. The number of nitrogens with one attached hydrogen (secondary N) is 1. The first-order valence-electron chi connectivity index (χ1n) is 6.58. The number of rotatable bonds is 5. The van der Waals surface area contributed by atoms with Gasteiger partial charge < -0.3 is 10.1 Å². The summed E-state index contributed by atoms with van der Waals surface area (Å²) in [6.07, 6.45) is 1.17. The van der Waals surface area contributed by atoms with Crippen molar-refractivity contribution in [3.8, 4) is 0 Å². The zero-order chi connectivity index (χ0) is 12.1. The summed E-state index contributed by atoms with van der Waals surface area (Å²) in [5.41, 5.74) is 0. The van der Waals surface area contributed by atoms with E-state index in [1.807, 2.05) is 0 Å². The first-order chi connectivity index (χ1) is 7.60. The SMILES string of the molecule is CCC(COC)N1CC(C(C)C)NCC1C. The van der Waals surface area contributed by atoms with Gasteiger partial charge in [0.1, 0.15) is 0 Å². The second-order valence-electron chi connectivity index (χ2n) is 5.32. The van der Waals surface area contributed by atoms with Crippen LogP contribution < -0.4 is 5.32 Å². The van der Waals surface area contributed by atoms with Crippen molar-refractivity contribution in [1.82, 2.24) is 10.2 Å². The Kier molecular flexibility index (Phi) is 5.73. The molecule has 1 aliphatic rings. The molecule has 1 saturated heterocycles. The largest absolute Gasteiger partial charge is 0.383 e. The van der Waals surface area contributed by atoms with Gasteiger partial charge in [0.25, 0.3) is 0 Å². The topological polar surface area (TPSA) is 24.5 Å². The Bertz CT molecular complexity index is 196. The maximum atomic E-state index is 5.33. The molecule has 1 aliphatic heterocycles. The monoisotopic (exact) mass is 228 g/mol. The molecule has 96 valence electrons. The van der Waals surface area contributed by atoms with Crippen molar-refractivity contribution < 1.29 is 4.74 Å². The number of nitrogens with zero attached hydrogens (tertiary/aromatic N) is 1. The minimum atomic E-state index is 0.573. The molecule has 0 aromatic heterocycles. The molecule has 16 heavy (non-hydrogen) atoms. The van der Waals surface area contributed by atoms with Crippen molar-refractivity contribution in [3.05, 3.63) is 0 Å². The van der Waals surface area contributed by atoms with E-state index in [1.54, 1.807) is 7.11 Å². The molecule has 3 heteroatoms. The molecule has 1 heterocycles. The van der Waals surface area contributed by atoms with Crippen molar-refractivity contribution in [3.63, 3.8) is 0 Å². The van der Waals surface area contributed by atoms with E-state index in [9.17, 15) is 0 Å². The van der Waals surface area contributed by atoms with Gasteiger partial charge in [-0.2, -0.15) is 0 Å². The van der Waals surface area contributed by atoms with Crippen LogP contribution in [-0.4, -0.2) is 49.8 Å². The molecular weight excluding hydrogens is 200 g/mol. The Labute approximate surface area is 101 Å². The van der Waals surface area contributed by atoms with Crippen LogP contribution in [0.15, 0.2) is 0 Å². The van der Waals surface area contributed by atoms with Crippen LogP contribution in [0.25, 0.3) is 0 Å². The summed E-state index contributed by atoms with van der Waals surface area (Å²) in [6, 6.07) is 1.82. The Morgan fingerprint density at radius 3 is 2.62 bits per heavy atom. The number of hydrogen-bond acceptors (Lipinski definition) is 3. The zero-order valence-corrected chi connectivity index (χ0v) is 11.5. The van der Waals surface area contributed by atoms with Crippen molar-refractivity contribution in [1.29, 1.82) is 0 Å². The number of methoxy groups -OCH3 is 1. The summed E-state index contributed by atoms with van der Waals surface area (Å²) in [7, 11) is 1.80. The second kappa shape index (κ2) is 6.58. The highest BCUT2D eigenvalue weighted by Crippen LogP contribution is 2.17. The van der Waals surface area contributed by atoms with Gasteiger partial charge in [0.05, 0.1) is 6.61 Å². The van der Waals surface area contributed by atoms with Gasteiger partial charge in [-0.25, -0.2) is 0 Å². The first kappa shape index (κ1) is 13.9. The predicted octanol–water partition coefficient (Wildman–Crippen LogP) is 1.73. The molecule has 1 N–H and O–H groups in total. The quantitative estimate of drug-likeness (QED) is 0.775. The molecule has 3 unspecified atom stereocenters. The van der Waals surface area contributed by atoms with Crippen molar-refractivity contribution >= 4 is 0 Å². The number of ether oxygens (including phenoxy) is 1. The average molecular weight is 228 g/mol. The molecule has 0 amide bonds. The maximum absolute atomic E-state index is 5.33. The molecule has 0 saturated carbocycles. The van der Waals surface area contributed by atoms with Crippen LogP contribution >= 0.6 is 0 Å². The van der Waals surface area contributed by atoms with Crippen molar-refractivity contribution in [2.75, 3.05) is 26.8 Å². The summed E-state index contributed by atoms with van der Waals surface area (Å²) >= 11 is 0. The van der Waals surface area contributed by atoms with Gasteiger partial charge >= 0.3 is 0 Å². The van der Waals surface area contributed by atoms with Crippen LogP contribution in [0.1, 0.15) is 34.1 Å². The van der Waals surface area contributed by atoms with Gasteiger partial charge in [-0.1, -0.05) is 20.8 Å². The molecule has 1 fully saturated rings. The first-order valence-corrected chi connectivity index (χ1v) is 6.58. The van der Waals surface area contributed by atoms with E-state index in [0.717, 1.165) is 19.7 Å². The molecular formula is C13H28N2O. The summed E-state index contributed by atoms with van der Waals surface area (Å²) in [4.78, 5) is 2.62. The van der Waals surface area contributed by atoms with Gasteiger partial charge in [-0.05, 0) is 19.3 Å². The molecule has 0 spiro atoms. The zero-order valence-electron chi connectivity index (χ0n) is 11.5. The van der Waals surface area contributed by atoms with Gasteiger partial charge in [0.15, 0.2) is 0 Å². The average Bonchev–Trinajstić information content (AvgIpc) is 2.26. The number of hydrogen-bond donors (Lipinski definition) is 1. The van der Waals surface area contributed by atoms with Crippen molar-refractivity contribution in [2.45, 2.75) is 52.2 Å². The molecule has 0 aromatic rings. The fraction of sp³-hybridized carbons (Fsp3) is 1.00. The Morgan fingerprint density at radius 2 is 2.12 bits per heavy atom. The highest BCUT2D eigenvalue weighted by atomic mass is 16.5. The minimum absolute atomic E-state index is 0.573. The van der Waals surface area contributed by atoms with Crippen LogP contribution in [0.5, 0.6) is 0 Å². The van der Waals surface area contributed by atoms with Gasteiger partial charge in [0, 0.05) is 38.3 Å². The third-order valence-electron chi connectivity index (χ3n) is 3.75.